The van der Waals surface area contributed by atoms with Gasteiger partial charge in [0.1, 0.15) is 88.1 Å². The van der Waals surface area contributed by atoms with E-state index in [4.69, 9.17) is 30.8 Å². The van der Waals surface area contributed by atoms with Gasteiger partial charge in [0, 0.05) is 50.9 Å². The Hall–Kier alpha value is -8.01. The molecule has 9 rings (SSSR count). The van der Waals surface area contributed by atoms with Crippen molar-refractivity contribution >= 4 is 116 Å². The van der Waals surface area contributed by atoms with Gasteiger partial charge in [0.15, 0.2) is 6.29 Å². The van der Waals surface area contributed by atoms with Crippen molar-refractivity contribution in [3.8, 4) is 43.4 Å². The minimum Gasteiger partial charge on any atom is -0.394 e. The Morgan fingerprint density at radius 3 is 2.06 bits per heavy atom. The van der Waals surface area contributed by atoms with Gasteiger partial charge < -0.3 is 47.8 Å². The topological polar surface area (TPSA) is 369 Å². The molecular weight excluding hydrogens is 1220 g/mol. The van der Waals surface area contributed by atoms with E-state index in [0.717, 1.165) is 22.7 Å². The van der Waals surface area contributed by atoms with Crippen LogP contribution in [0.3, 0.4) is 0 Å². The van der Waals surface area contributed by atoms with Crippen LogP contribution in [0.1, 0.15) is 132 Å². The summed E-state index contributed by atoms with van der Waals surface area (Å²) in [6, 6.07) is 8.17. The molecule has 0 radical (unpaired) electrons. The number of hydrogen-bond donors (Lipinski definition) is 9. The summed E-state index contributed by atoms with van der Waals surface area (Å²) in [5.41, 5.74) is 8.34. The lowest BCUT2D eigenvalue weighted by Crippen LogP contribution is -2.51. The molecule has 0 aliphatic carbocycles. The van der Waals surface area contributed by atoms with Crippen molar-refractivity contribution in [2.24, 2.45) is 11.7 Å². The Labute approximate surface area is 516 Å². The maximum absolute atomic E-state index is 14.1. The second kappa shape index (κ2) is 29.4. The summed E-state index contributed by atoms with van der Waals surface area (Å²) in [6.07, 6.45) is 0.800. The molecule has 10 bridgehead atoms. The molecule has 31 heteroatoms. The van der Waals surface area contributed by atoms with E-state index in [2.05, 4.69) is 46.9 Å². The van der Waals surface area contributed by atoms with E-state index in [1.807, 2.05) is 26.8 Å². The smallest absolute Gasteiger partial charge is 0.321 e. The minimum absolute atomic E-state index is 0.0336. The number of aldehydes is 1. The number of carbonyl (C=O) groups is 8. The van der Waals surface area contributed by atoms with Gasteiger partial charge in [0.2, 0.25) is 17.7 Å². The van der Waals surface area contributed by atoms with Crippen LogP contribution in [0, 0.1) is 12.8 Å². The number of carbonyl (C=O) groups excluding carboxylic acids is 8. The highest BCUT2D eigenvalue weighted by atomic mass is 32.1. The average molecular weight is 1280 g/mol. The summed E-state index contributed by atoms with van der Waals surface area (Å²) in [5, 5.41) is 48.1. The van der Waals surface area contributed by atoms with Gasteiger partial charge in [0.05, 0.1) is 37.4 Å². The monoisotopic (exact) mass is 1280 g/mol. The number of aryl methyl sites for hydroxylation is 1. The molecule has 1 aromatic carbocycles. The molecule has 25 nitrogen and oxygen atoms in total. The summed E-state index contributed by atoms with van der Waals surface area (Å²) in [6.45, 7) is 6.92. The molecule has 0 saturated heterocycles. The third-order valence-corrected chi connectivity index (χ3v) is 18.6. The number of nitrogens with one attached hydrogen (secondary N) is 6. The minimum atomic E-state index is -1.23. The molecule has 5 atom stereocenters. The van der Waals surface area contributed by atoms with Crippen LogP contribution in [0.4, 0.5) is 4.79 Å². The van der Waals surface area contributed by atoms with Crippen LogP contribution < -0.4 is 37.6 Å². The zero-order chi connectivity index (χ0) is 61.8. The van der Waals surface area contributed by atoms with Gasteiger partial charge in [0.25, 0.3) is 17.7 Å². The second-order valence-electron chi connectivity index (χ2n) is 19.4. The standard InChI is InChI=1S/C46H40N12O7S6.C9H19N3O3/c1-20(2)33-45-54-28(17-69-45)38(63)48-13-32(61)56-36(37(62)22-8-6-5-7-9-22)46-55-30(19-70-46)43-52-27(16-68-43)35-24(10-11-25(50-35)42-49-23(14-59)15-66-42)41-53-29(18-67-41)39(64)51-26(12-31(60)47-4)44-58-34(21(3)71-44)40(65)57-33;1-3-4-5-12(9(10)15)8(14)7(6-13)11-2/h5-11,14-20,26,33,36-37,62H,12-13H2,1-4H3,(H,47,60)(H,48,63)(H,51,64)(H,56,61)(H,57,65);7,11,13H,3-6H2,1-2H3,(H2,10,15). The Balaban J connectivity index is 0.000000565. The van der Waals surface area contributed by atoms with E-state index in [1.165, 1.54) is 76.2 Å². The van der Waals surface area contributed by atoms with Gasteiger partial charge in [-0.15, -0.1) is 68.0 Å². The number of aliphatic hydroxyl groups excluding tert-OH is 2. The first-order valence-electron chi connectivity index (χ1n) is 26.6. The maximum Gasteiger partial charge on any atom is 0.321 e. The van der Waals surface area contributed by atoms with Crippen LogP contribution in [0.2, 0.25) is 0 Å². The number of aromatic nitrogens is 7. The number of aliphatic hydroxyl groups is 2. The number of likely N-dealkylation sites (N-methyl/N-ethyl adjacent to an activating group) is 1. The molecule has 8 amide bonds. The number of fused-ring (bicyclic) bond motifs is 14. The highest BCUT2D eigenvalue weighted by Gasteiger charge is 2.32. The molecule has 0 fully saturated rings. The molecular formula is C55H59N15O10S6. The number of amides is 8. The van der Waals surface area contributed by atoms with Crippen LogP contribution in [0.15, 0.2) is 69.4 Å². The number of urea groups is 1. The van der Waals surface area contributed by atoms with E-state index in [1.54, 1.807) is 64.8 Å². The summed E-state index contributed by atoms with van der Waals surface area (Å²) in [7, 11) is 3.02. The fraction of sp³-hybridized carbons (Fsp3) is 0.327. The zero-order valence-electron chi connectivity index (χ0n) is 47.0. The van der Waals surface area contributed by atoms with E-state index >= 15 is 0 Å². The van der Waals surface area contributed by atoms with E-state index in [0.29, 0.717) is 88.1 Å². The molecule has 0 saturated carbocycles. The van der Waals surface area contributed by atoms with Crippen LogP contribution >= 0.6 is 68.0 Å². The van der Waals surface area contributed by atoms with Crippen molar-refractivity contribution in [3.05, 3.63) is 118 Å². The van der Waals surface area contributed by atoms with Crippen LogP contribution in [-0.2, 0) is 14.4 Å². The van der Waals surface area contributed by atoms with Crippen LogP contribution in [-0.4, -0.2) is 138 Å². The normalized spacial score (nSPS) is 16.3. The van der Waals surface area contributed by atoms with Crippen molar-refractivity contribution in [1.29, 1.82) is 0 Å². The molecule has 1 aliphatic heterocycles. The lowest BCUT2D eigenvalue weighted by molar-refractivity contribution is -0.131. The zero-order valence-corrected chi connectivity index (χ0v) is 51.9. The number of imide groups is 1. The quantitative estimate of drug-likeness (QED) is 0.0576. The molecule has 8 heterocycles. The molecule has 450 valence electrons. The fourth-order valence-electron chi connectivity index (χ4n) is 8.41. The molecule has 86 heavy (non-hydrogen) atoms. The number of benzene rings is 1. The largest absolute Gasteiger partial charge is 0.394 e. The summed E-state index contributed by atoms with van der Waals surface area (Å²) in [5.74, 6) is -3.40. The van der Waals surface area contributed by atoms with E-state index < -0.39 is 72.4 Å². The van der Waals surface area contributed by atoms with Crippen LogP contribution in [0.25, 0.3) is 43.4 Å². The first-order chi connectivity index (χ1) is 41.3. The molecule has 5 unspecified atom stereocenters. The number of pyridine rings is 1. The first kappa shape index (κ1) is 64.0. The average Bonchev–Trinajstić information content (AvgIpc) is 2.47. The Morgan fingerprint density at radius 2 is 1.38 bits per heavy atom. The van der Waals surface area contributed by atoms with Gasteiger partial charge in [-0.3, -0.25) is 38.5 Å². The van der Waals surface area contributed by atoms with Crippen molar-refractivity contribution < 1.29 is 48.6 Å². The number of thiazole rings is 6. The van der Waals surface area contributed by atoms with Crippen molar-refractivity contribution in [3.63, 3.8) is 0 Å². The van der Waals surface area contributed by atoms with E-state index in [9.17, 15) is 43.5 Å². The summed E-state index contributed by atoms with van der Waals surface area (Å²) >= 11 is 7.26. The maximum atomic E-state index is 14.1. The first-order valence-corrected chi connectivity index (χ1v) is 31.8. The third kappa shape index (κ3) is 15.3. The molecule has 0 spiro atoms. The van der Waals surface area contributed by atoms with Gasteiger partial charge in [-0.2, -0.15) is 0 Å². The highest BCUT2D eigenvalue weighted by Crippen LogP contribution is 2.40. The predicted octanol–water partition coefficient (Wildman–Crippen LogP) is 6.25. The Kier molecular flexibility index (Phi) is 21.9. The Bertz CT molecular complexity index is 3740. The van der Waals surface area contributed by atoms with Crippen molar-refractivity contribution in [2.75, 3.05) is 33.8 Å². The molecule has 8 aromatic rings. The number of unbranched alkanes of at least 4 members (excludes halogenated alkanes) is 1. The fourth-order valence-corrected chi connectivity index (χ4v) is 13.7. The second-order valence-corrected chi connectivity index (χ2v) is 24.9. The number of rotatable bonds is 13. The SMILES string of the molecule is CCCCN(C(N)=O)C(=O)C(CO)NC.CNC(=O)CC1NC(=O)c2csc(n2)-c2ccc(-c3nc(C=O)cs3)nc2-c2csc(n2)-c2csc(n2)C(C(O)c2ccccc2)NC(=O)CNC(=O)c2csc(n2)C(C(C)C)NC(=O)c2nc1sc2C. The van der Waals surface area contributed by atoms with Gasteiger partial charge in [-0.05, 0) is 44.0 Å². The van der Waals surface area contributed by atoms with Crippen molar-refractivity contribution in [2.45, 2.75) is 77.2 Å². The summed E-state index contributed by atoms with van der Waals surface area (Å²) in [4.78, 5) is 137. The van der Waals surface area contributed by atoms with Gasteiger partial charge >= 0.3 is 6.03 Å². The summed E-state index contributed by atoms with van der Waals surface area (Å²) < 4.78 is 0. The third-order valence-electron chi connectivity index (χ3n) is 13.0. The predicted molar refractivity (Wildman–Crippen MR) is 328 cm³/mol. The van der Waals surface area contributed by atoms with Gasteiger partial charge in [-0.1, -0.05) is 57.5 Å². The number of nitrogens with zero attached hydrogens (tertiary/aromatic N) is 8. The number of nitrogens with two attached hydrogens (primary N) is 1. The van der Waals surface area contributed by atoms with Crippen molar-refractivity contribution in [1.82, 2.24) is 71.7 Å². The number of hydrogen-bond acceptors (Lipinski definition) is 24. The number of primary amides is 1. The molecule has 7 aromatic heterocycles. The van der Waals surface area contributed by atoms with Gasteiger partial charge in [-0.25, -0.2) is 39.7 Å². The highest BCUT2D eigenvalue weighted by molar-refractivity contribution is 7.15. The Morgan fingerprint density at radius 1 is 0.733 bits per heavy atom. The van der Waals surface area contributed by atoms with E-state index in [-0.39, 0.29) is 47.6 Å². The molecule has 10 N–H and O–H groups in total. The lowest BCUT2D eigenvalue weighted by Gasteiger charge is -2.23. The van der Waals surface area contributed by atoms with Crippen LogP contribution in [0.5, 0.6) is 0 Å². The molecule has 1 aliphatic rings. The lowest BCUT2D eigenvalue weighted by atomic mass is 10.0.